The average Bonchev–Trinajstić information content (AvgIpc) is 2.41. The van der Waals surface area contributed by atoms with Gasteiger partial charge in [-0.3, -0.25) is 9.59 Å². The molecule has 0 saturated carbocycles. The summed E-state index contributed by atoms with van der Waals surface area (Å²) in [5.74, 6) is -2.69. The third kappa shape index (κ3) is 3.54. The fourth-order valence-corrected chi connectivity index (χ4v) is 1.98. The Morgan fingerprint density at radius 1 is 1.26 bits per heavy atom. The van der Waals surface area contributed by atoms with Crippen LogP contribution in [0, 0.1) is 5.92 Å². The SMILES string of the molecule is CCC(C(=O)O)C(=O)N(C)C(CO)c1ccccc1. The zero-order valence-corrected chi connectivity index (χ0v) is 11.1. The Bertz CT molecular complexity index is 432. The topological polar surface area (TPSA) is 77.8 Å². The zero-order chi connectivity index (χ0) is 14.4. The molecule has 1 amide bonds. The van der Waals surface area contributed by atoms with E-state index in [-0.39, 0.29) is 13.0 Å². The molecule has 0 spiro atoms. The molecule has 1 aromatic carbocycles. The fraction of sp³-hybridized carbons (Fsp3) is 0.429. The fourth-order valence-electron chi connectivity index (χ4n) is 1.98. The Morgan fingerprint density at radius 3 is 2.26 bits per heavy atom. The molecular formula is C14H19NO4. The molecule has 0 heterocycles. The number of hydrogen-bond acceptors (Lipinski definition) is 3. The summed E-state index contributed by atoms with van der Waals surface area (Å²) in [6, 6.07) is 8.53. The smallest absolute Gasteiger partial charge is 0.316 e. The van der Waals surface area contributed by atoms with E-state index in [9.17, 15) is 14.7 Å². The van der Waals surface area contributed by atoms with Gasteiger partial charge in [-0.2, -0.15) is 0 Å². The van der Waals surface area contributed by atoms with Crippen molar-refractivity contribution in [2.24, 2.45) is 5.92 Å². The number of nitrogens with zero attached hydrogens (tertiary/aromatic N) is 1. The number of rotatable bonds is 6. The molecule has 2 unspecified atom stereocenters. The van der Waals surface area contributed by atoms with Crippen LogP contribution >= 0.6 is 0 Å². The number of aliphatic carboxylic acids is 1. The minimum absolute atomic E-state index is 0.228. The van der Waals surface area contributed by atoms with E-state index in [0.29, 0.717) is 0 Å². The van der Waals surface area contributed by atoms with Gasteiger partial charge in [-0.25, -0.2) is 0 Å². The molecule has 2 N–H and O–H groups in total. The highest BCUT2D eigenvalue weighted by molar-refractivity contribution is 5.96. The highest BCUT2D eigenvalue weighted by atomic mass is 16.4. The monoisotopic (exact) mass is 265 g/mol. The lowest BCUT2D eigenvalue weighted by molar-refractivity contribution is -0.152. The highest BCUT2D eigenvalue weighted by Gasteiger charge is 2.30. The first-order valence-corrected chi connectivity index (χ1v) is 6.18. The van der Waals surface area contributed by atoms with Gasteiger partial charge in [0.25, 0.3) is 0 Å². The van der Waals surface area contributed by atoms with Crippen molar-refractivity contribution < 1.29 is 19.8 Å². The molecule has 0 fully saturated rings. The summed E-state index contributed by atoms with van der Waals surface area (Å²) in [6.45, 7) is 1.41. The van der Waals surface area contributed by atoms with Crippen LogP contribution in [0.3, 0.4) is 0 Å². The standard InChI is InChI=1S/C14H19NO4/c1-3-11(14(18)19)13(17)15(2)12(9-16)10-7-5-4-6-8-10/h4-8,11-12,16H,3,9H2,1-2H3,(H,18,19). The van der Waals surface area contributed by atoms with Crippen molar-refractivity contribution in [3.05, 3.63) is 35.9 Å². The van der Waals surface area contributed by atoms with Gasteiger partial charge in [0.05, 0.1) is 12.6 Å². The molecule has 0 bridgehead atoms. The molecule has 19 heavy (non-hydrogen) atoms. The van der Waals surface area contributed by atoms with E-state index >= 15 is 0 Å². The van der Waals surface area contributed by atoms with Crippen LogP contribution in [-0.4, -0.2) is 40.6 Å². The first-order valence-electron chi connectivity index (χ1n) is 6.18. The second kappa shape index (κ2) is 6.89. The second-order valence-corrected chi connectivity index (χ2v) is 4.36. The summed E-state index contributed by atoms with van der Waals surface area (Å²) in [7, 11) is 1.52. The quantitative estimate of drug-likeness (QED) is 0.760. The molecule has 104 valence electrons. The van der Waals surface area contributed by atoms with Crippen molar-refractivity contribution in [1.29, 1.82) is 0 Å². The number of carboxylic acid groups (broad SMARTS) is 1. The molecule has 5 heteroatoms. The van der Waals surface area contributed by atoms with Crippen molar-refractivity contribution in [3.8, 4) is 0 Å². The van der Waals surface area contributed by atoms with Crippen molar-refractivity contribution in [3.63, 3.8) is 0 Å². The third-order valence-corrected chi connectivity index (χ3v) is 3.18. The van der Waals surface area contributed by atoms with Crippen LogP contribution in [-0.2, 0) is 9.59 Å². The third-order valence-electron chi connectivity index (χ3n) is 3.18. The first-order chi connectivity index (χ1) is 9.02. The maximum Gasteiger partial charge on any atom is 0.316 e. The van der Waals surface area contributed by atoms with E-state index in [4.69, 9.17) is 5.11 Å². The predicted octanol–water partition coefficient (Wildman–Crippen LogP) is 1.29. The molecule has 5 nitrogen and oxygen atoms in total. The number of aliphatic hydroxyl groups excluding tert-OH is 1. The Balaban J connectivity index is 2.93. The summed E-state index contributed by atoms with van der Waals surface area (Å²) >= 11 is 0. The molecule has 2 atom stereocenters. The van der Waals surface area contributed by atoms with Gasteiger partial charge < -0.3 is 15.1 Å². The van der Waals surface area contributed by atoms with E-state index < -0.39 is 23.8 Å². The molecule has 1 aromatic rings. The number of amides is 1. The second-order valence-electron chi connectivity index (χ2n) is 4.36. The number of benzene rings is 1. The molecule has 0 radical (unpaired) electrons. The van der Waals surface area contributed by atoms with Gasteiger partial charge in [-0.05, 0) is 12.0 Å². The number of carbonyl (C=O) groups excluding carboxylic acids is 1. The van der Waals surface area contributed by atoms with Crippen molar-refractivity contribution in [2.75, 3.05) is 13.7 Å². The van der Waals surface area contributed by atoms with Gasteiger partial charge in [0.2, 0.25) is 5.91 Å². The van der Waals surface area contributed by atoms with Gasteiger partial charge in [-0.1, -0.05) is 37.3 Å². The number of aliphatic hydroxyl groups is 1. The summed E-state index contributed by atoms with van der Waals surface area (Å²) in [6.07, 6.45) is 0.228. The van der Waals surface area contributed by atoms with Crippen molar-refractivity contribution >= 4 is 11.9 Å². The van der Waals surface area contributed by atoms with E-state index in [2.05, 4.69) is 0 Å². The van der Waals surface area contributed by atoms with Gasteiger partial charge in [0.15, 0.2) is 0 Å². The molecule has 0 aliphatic carbocycles. The van der Waals surface area contributed by atoms with E-state index in [0.717, 1.165) is 5.56 Å². The number of carbonyl (C=O) groups is 2. The van der Waals surface area contributed by atoms with Crippen molar-refractivity contribution in [1.82, 2.24) is 4.90 Å². The molecular weight excluding hydrogens is 246 g/mol. The molecule has 0 aliphatic heterocycles. The number of likely N-dealkylation sites (N-methyl/N-ethyl adjacent to an activating group) is 1. The Morgan fingerprint density at radius 2 is 1.84 bits per heavy atom. The van der Waals surface area contributed by atoms with Gasteiger partial charge >= 0.3 is 5.97 Å². The van der Waals surface area contributed by atoms with Crippen LogP contribution in [0.15, 0.2) is 30.3 Å². The maximum absolute atomic E-state index is 12.1. The van der Waals surface area contributed by atoms with Crippen LogP contribution in [0.4, 0.5) is 0 Å². The van der Waals surface area contributed by atoms with Gasteiger partial charge in [-0.15, -0.1) is 0 Å². The lowest BCUT2D eigenvalue weighted by atomic mass is 10.0. The Hall–Kier alpha value is -1.88. The lowest BCUT2D eigenvalue weighted by Crippen LogP contribution is -2.40. The zero-order valence-electron chi connectivity index (χ0n) is 11.1. The Kier molecular flexibility index (Phi) is 5.51. The van der Waals surface area contributed by atoms with E-state index in [1.807, 2.05) is 18.2 Å². The van der Waals surface area contributed by atoms with Crippen LogP contribution in [0.5, 0.6) is 0 Å². The minimum Gasteiger partial charge on any atom is -0.481 e. The highest BCUT2D eigenvalue weighted by Crippen LogP contribution is 2.21. The minimum atomic E-state index is -1.14. The molecule has 1 rings (SSSR count). The predicted molar refractivity (Wildman–Crippen MR) is 70.5 cm³/mol. The molecule has 0 aromatic heterocycles. The van der Waals surface area contributed by atoms with E-state index in [1.54, 1.807) is 19.1 Å². The largest absolute Gasteiger partial charge is 0.481 e. The summed E-state index contributed by atoms with van der Waals surface area (Å²) in [5, 5.41) is 18.5. The average molecular weight is 265 g/mol. The summed E-state index contributed by atoms with van der Waals surface area (Å²) < 4.78 is 0. The van der Waals surface area contributed by atoms with E-state index in [1.165, 1.54) is 11.9 Å². The summed E-state index contributed by atoms with van der Waals surface area (Å²) in [5.41, 5.74) is 0.779. The summed E-state index contributed by atoms with van der Waals surface area (Å²) in [4.78, 5) is 24.4. The normalized spacial score (nSPS) is 13.6. The van der Waals surface area contributed by atoms with Crippen LogP contribution in [0.1, 0.15) is 24.9 Å². The van der Waals surface area contributed by atoms with Gasteiger partial charge in [0, 0.05) is 7.05 Å². The molecule has 0 saturated heterocycles. The number of hydrogen-bond donors (Lipinski definition) is 2. The Labute approximate surface area is 112 Å². The molecule has 0 aliphatic rings. The van der Waals surface area contributed by atoms with Crippen LogP contribution in [0.25, 0.3) is 0 Å². The number of carboxylic acids is 1. The maximum atomic E-state index is 12.1. The van der Waals surface area contributed by atoms with Crippen LogP contribution in [0.2, 0.25) is 0 Å². The first kappa shape index (κ1) is 15.2. The lowest BCUT2D eigenvalue weighted by Gasteiger charge is -2.29. The van der Waals surface area contributed by atoms with Crippen LogP contribution < -0.4 is 0 Å². The van der Waals surface area contributed by atoms with Gasteiger partial charge in [0.1, 0.15) is 5.92 Å². The van der Waals surface area contributed by atoms with Crippen molar-refractivity contribution in [2.45, 2.75) is 19.4 Å².